The van der Waals surface area contributed by atoms with Crippen molar-refractivity contribution in [2.24, 2.45) is 0 Å². The highest BCUT2D eigenvalue weighted by molar-refractivity contribution is 5.02. The predicted molar refractivity (Wildman–Crippen MR) is 41.7 cm³/mol. The molecular formula is C8H5F3N3O. The maximum Gasteiger partial charge on any atom is 0.435 e. The summed E-state index contributed by atoms with van der Waals surface area (Å²) >= 11 is 0. The minimum Gasteiger partial charge on any atom is -0.451 e. The van der Waals surface area contributed by atoms with Crippen LogP contribution in [0.4, 0.5) is 13.2 Å². The molecule has 2 heterocycles. The third kappa shape index (κ3) is 2.17. The Labute approximate surface area is 82.3 Å². The van der Waals surface area contributed by atoms with E-state index < -0.39 is 11.9 Å². The standard InChI is InChI=1S/C8H5F3N3O/c9-8(10,11)7-1-2-14(13-7)3-6-4-15-5-12-6/h2,4-5H,3H2. The van der Waals surface area contributed by atoms with E-state index in [2.05, 4.69) is 14.5 Å². The summed E-state index contributed by atoms with van der Waals surface area (Å²) in [5.41, 5.74) is -0.536. The topological polar surface area (TPSA) is 43.9 Å². The largest absolute Gasteiger partial charge is 0.451 e. The molecule has 7 heteroatoms. The van der Waals surface area contributed by atoms with Crippen LogP contribution in [0.1, 0.15) is 11.4 Å². The summed E-state index contributed by atoms with van der Waals surface area (Å²) in [5.74, 6) is 0. The molecule has 0 aliphatic rings. The average Bonchev–Trinajstić information content (AvgIpc) is 2.73. The van der Waals surface area contributed by atoms with Crippen molar-refractivity contribution in [3.05, 3.63) is 36.3 Å². The van der Waals surface area contributed by atoms with E-state index in [0.29, 0.717) is 5.69 Å². The first kappa shape index (κ1) is 9.75. The Kier molecular flexibility index (Phi) is 2.22. The third-order valence-corrected chi connectivity index (χ3v) is 1.65. The zero-order valence-corrected chi connectivity index (χ0v) is 7.32. The summed E-state index contributed by atoms with van der Waals surface area (Å²) in [6, 6.07) is 2.03. The van der Waals surface area contributed by atoms with E-state index in [4.69, 9.17) is 0 Å². The first-order chi connectivity index (χ1) is 7.05. The van der Waals surface area contributed by atoms with Crippen molar-refractivity contribution in [2.75, 3.05) is 0 Å². The molecule has 2 aromatic rings. The molecule has 2 rings (SSSR count). The highest BCUT2D eigenvalue weighted by atomic mass is 19.4. The van der Waals surface area contributed by atoms with E-state index in [1.54, 1.807) is 0 Å². The molecule has 4 nitrogen and oxygen atoms in total. The van der Waals surface area contributed by atoms with Crippen LogP contribution in [0.3, 0.4) is 0 Å². The van der Waals surface area contributed by atoms with Gasteiger partial charge in [-0.25, -0.2) is 4.98 Å². The lowest BCUT2D eigenvalue weighted by Crippen LogP contribution is -2.08. The molecular weight excluding hydrogens is 211 g/mol. The van der Waals surface area contributed by atoms with Crippen molar-refractivity contribution in [2.45, 2.75) is 12.7 Å². The van der Waals surface area contributed by atoms with Gasteiger partial charge in [0.25, 0.3) is 0 Å². The lowest BCUT2D eigenvalue weighted by atomic mass is 10.4. The number of aromatic nitrogens is 3. The van der Waals surface area contributed by atoms with Gasteiger partial charge in [0.05, 0.1) is 6.54 Å². The Balaban J connectivity index is 2.15. The molecule has 2 aromatic heterocycles. The molecule has 0 amide bonds. The smallest absolute Gasteiger partial charge is 0.435 e. The lowest BCUT2D eigenvalue weighted by Gasteiger charge is -2.00. The molecule has 0 fully saturated rings. The van der Waals surface area contributed by atoms with E-state index in [1.165, 1.54) is 12.7 Å². The Morgan fingerprint density at radius 1 is 1.47 bits per heavy atom. The van der Waals surface area contributed by atoms with Crippen LogP contribution in [0, 0.1) is 6.07 Å². The molecule has 0 N–H and O–H groups in total. The lowest BCUT2D eigenvalue weighted by molar-refractivity contribution is -0.141. The number of oxazole rings is 1. The Morgan fingerprint density at radius 3 is 2.80 bits per heavy atom. The van der Waals surface area contributed by atoms with Crippen LogP contribution < -0.4 is 0 Å². The molecule has 15 heavy (non-hydrogen) atoms. The number of hydrogen-bond donors (Lipinski definition) is 0. The van der Waals surface area contributed by atoms with E-state index in [1.807, 2.05) is 6.07 Å². The SMILES string of the molecule is FC(F)(F)c1[c]cn(Cc2cocn2)n1. The molecule has 1 radical (unpaired) electrons. The first-order valence-electron chi connectivity index (χ1n) is 3.95. The normalized spacial score (nSPS) is 11.9. The maximum absolute atomic E-state index is 12.1. The van der Waals surface area contributed by atoms with E-state index in [-0.39, 0.29) is 6.54 Å². The van der Waals surface area contributed by atoms with Gasteiger partial charge in [0.1, 0.15) is 12.0 Å². The minimum absolute atomic E-state index is 0.128. The highest BCUT2D eigenvalue weighted by Gasteiger charge is 2.33. The average molecular weight is 216 g/mol. The molecule has 0 aliphatic heterocycles. The Hall–Kier alpha value is -1.79. The fourth-order valence-electron chi connectivity index (χ4n) is 1.02. The molecule has 0 saturated heterocycles. The van der Waals surface area contributed by atoms with Crippen molar-refractivity contribution in [1.82, 2.24) is 14.8 Å². The second-order valence-corrected chi connectivity index (χ2v) is 2.80. The van der Waals surface area contributed by atoms with Crippen molar-refractivity contribution >= 4 is 0 Å². The first-order valence-corrected chi connectivity index (χ1v) is 3.95. The fraction of sp³-hybridized carbons (Fsp3) is 0.250. The second-order valence-electron chi connectivity index (χ2n) is 2.80. The van der Waals surface area contributed by atoms with Crippen LogP contribution in [0.25, 0.3) is 0 Å². The van der Waals surface area contributed by atoms with Crippen molar-refractivity contribution in [3.63, 3.8) is 0 Å². The zero-order valence-electron chi connectivity index (χ0n) is 7.32. The number of hydrogen-bond acceptors (Lipinski definition) is 3. The molecule has 0 unspecified atom stereocenters. The van der Waals surface area contributed by atoms with Crippen molar-refractivity contribution in [3.8, 4) is 0 Å². The molecule has 0 atom stereocenters. The monoisotopic (exact) mass is 216 g/mol. The summed E-state index contributed by atoms with van der Waals surface area (Å²) in [6.07, 6.45) is -0.797. The Morgan fingerprint density at radius 2 is 2.27 bits per heavy atom. The summed E-state index contributed by atoms with van der Waals surface area (Å²) in [7, 11) is 0. The van der Waals surface area contributed by atoms with Gasteiger partial charge in [-0.15, -0.1) is 0 Å². The van der Waals surface area contributed by atoms with E-state index in [0.717, 1.165) is 10.9 Å². The van der Waals surface area contributed by atoms with E-state index >= 15 is 0 Å². The van der Waals surface area contributed by atoms with Gasteiger partial charge in [0, 0.05) is 12.3 Å². The summed E-state index contributed by atoms with van der Waals surface area (Å²) in [5, 5.41) is 3.31. The van der Waals surface area contributed by atoms with Gasteiger partial charge < -0.3 is 4.42 Å². The van der Waals surface area contributed by atoms with Gasteiger partial charge in [0.15, 0.2) is 12.1 Å². The molecule has 0 bridgehead atoms. The van der Waals surface area contributed by atoms with Crippen molar-refractivity contribution < 1.29 is 17.6 Å². The summed E-state index contributed by atoms with van der Waals surface area (Å²) < 4.78 is 42.2. The fourth-order valence-corrected chi connectivity index (χ4v) is 1.02. The van der Waals surface area contributed by atoms with Gasteiger partial charge in [-0.2, -0.15) is 18.3 Å². The van der Waals surface area contributed by atoms with Crippen molar-refractivity contribution in [1.29, 1.82) is 0 Å². The molecule has 0 aromatic carbocycles. The van der Waals surface area contributed by atoms with Crippen LogP contribution in [0.5, 0.6) is 0 Å². The minimum atomic E-state index is -4.46. The van der Waals surface area contributed by atoms with Gasteiger partial charge in [-0.3, -0.25) is 4.68 Å². The van der Waals surface area contributed by atoms with Crippen LogP contribution >= 0.6 is 0 Å². The van der Waals surface area contributed by atoms with Gasteiger partial charge in [-0.1, -0.05) is 0 Å². The predicted octanol–water partition coefficient (Wildman–Crippen LogP) is 1.74. The molecule has 0 saturated carbocycles. The van der Waals surface area contributed by atoms with Crippen LogP contribution in [-0.4, -0.2) is 14.8 Å². The summed E-state index contributed by atoms with van der Waals surface area (Å²) in [6.45, 7) is 0.128. The third-order valence-electron chi connectivity index (χ3n) is 1.65. The second kappa shape index (κ2) is 3.41. The number of halogens is 3. The molecule has 0 spiro atoms. The number of alkyl halides is 3. The molecule has 79 valence electrons. The zero-order chi connectivity index (χ0) is 10.9. The van der Waals surface area contributed by atoms with Crippen LogP contribution in [-0.2, 0) is 12.7 Å². The molecule has 0 aliphatic carbocycles. The maximum atomic E-state index is 12.1. The number of nitrogens with zero attached hydrogens (tertiary/aromatic N) is 3. The number of rotatable bonds is 2. The van der Waals surface area contributed by atoms with Crippen LogP contribution in [0.15, 0.2) is 23.3 Å². The summed E-state index contributed by atoms with van der Waals surface area (Å²) in [4.78, 5) is 3.76. The van der Waals surface area contributed by atoms with Gasteiger partial charge >= 0.3 is 6.18 Å². The quantitative estimate of drug-likeness (QED) is 0.767. The highest BCUT2D eigenvalue weighted by Crippen LogP contribution is 2.26. The van der Waals surface area contributed by atoms with Gasteiger partial charge in [-0.05, 0) is 0 Å². The van der Waals surface area contributed by atoms with Crippen LogP contribution in [0.2, 0.25) is 0 Å². The Bertz CT molecular complexity index is 432. The van der Waals surface area contributed by atoms with Gasteiger partial charge in [0.2, 0.25) is 0 Å². The van der Waals surface area contributed by atoms with E-state index in [9.17, 15) is 13.2 Å².